The summed E-state index contributed by atoms with van der Waals surface area (Å²) in [5.41, 5.74) is 0.760. The maximum atomic E-state index is 11.6. The molecule has 0 spiro atoms. The van der Waals surface area contributed by atoms with Crippen LogP contribution in [0.5, 0.6) is 0 Å². The number of rotatable bonds is 5. The summed E-state index contributed by atoms with van der Waals surface area (Å²) >= 11 is 0. The molecule has 4 rings (SSSR count). The molecule has 2 bridgehead atoms. The predicted molar refractivity (Wildman–Crippen MR) is 96.4 cm³/mol. The van der Waals surface area contributed by atoms with Gasteiger partial charge in [-0.25, -0.2) is 0 Å². The predicted octanol–water partition coefficient (Wildman–Crippen LogP) is 4.67. The number of unbranched alkanes of at least 4 members (excludes halogenated alkanes) is 1. The zero-order valence-electron chi connectivity index (χ0n) is 15.7. The lowest BCUT2D eigenvalue weighted by atomic mass is 9.68. The molecule has 0 radical (unpaired) electrons. The van der Waals surface area contributed by atoms with E-state index in [0.717, 1.165) is 12.8 Å². The quantitative estimate of drug-likeness (QED) is 0.740. The van der Waals surface area contributed by atoms with E-state index in [2.05, 4.69) is 27.7 Å². The molecule has 6 heteroatoms. The van der Waals surface area contributed by atoms with E-state index in [1.54, 1.807) is 0 Å². The van der Waals surface area contributed by atoms with Gasteiger partial charge in [0.2, 0.25) is 5.79 Å². The van der Waals surface area contributed by atoms with Crippen LogP contribution in [0.25, 0.3) is 0 Å². The third kappa shape index (κ3) is 2.77. The molecule has 0 aromatic heterocycles. The minimum atomic E-state index is -1.79. The summed E-state index contributed by atoms with van der Waals surface area (Å²) in [6.07, 6.45) is 2.76. The topological polar surface area (TPSA) is 68.2 Å². The molecular weight excluding hydrogens is 339 g/mol. The van der Waals surface area contributed by atoms with Crippen LogP contribution in [-0.4, -0.2) is 16.2 Å². The minimum absolute atomic E-state index is 0.0231. The van der Waals surface area contributed by atoms with Crippen LogP contribution in [0.15, 0.2) is 24.3 Å². The number of hydrogen-bond acceptors (Lipinski definition) is 5. The van der Waals surface area contributed by atoms with Crippen molar-refractivity contribution < 1.29 is 23.8 Å². The van der Waals surface area contributed by atoms with Crippen LogP contribution < -0.4 is 0 Å². The number of hydrogen-bond donors (Lipinski definition) is 2. The minimum Gasteiger partial charge on any atom is -0.361 e. The third-order valence-corrected chi connectivity index (χ3v) is 6.77. The number of fused-ring (bicyclic) bond motifs is 2. The van der Waals surface area contributed by atoms with Crippen molar-refractivity contribution in [2.24, 2.45) is 5.41 Å². The molecule has 5 nitrogen and oxygen atoms in total. The molecule has 25 heavy (non-hydrogen) atoms. The fourth-order valence-electron chi connectivity index (χ4n) is 3.80. The Balaban J connectivity index is 2.04. The molecule has 1 aromatic carbocycles. The molecule has 3 fully saturated rings. The smallest absolute Gasteiger partial charge is 0.344 e. The molecule has 0 amide bonds. The first-order valence-electron chi connectivity index (χ1n) is 9.05. The van der Waals surface area contributed by atoms with Crippen LogP contribution in [0.3, 0.4) is 0 Å². The average molecular weight is 368 g/mol. The van der Waals surface area contributed by atoms with Crippen molar-refractivity contribution in [3.05, 3.63) is 35.4 Å². The maximum absolute atomic E-state index is 11.6. The fourth-order valence-corrected chi connectivity index (χ4v) is 5.14. The monoisotopic (exact) mass is 368 g/mol. The molecule has 0 aliphatic carbocycles. The Hall–Kier alpha value is -0.550. The second kappa shape index (κ2) is 6.26. The van der Waals surface area contributed by atoms with Gasteiger partial charge >= 0.3 is 14.6 Å². The van der Waals surface area contributed by atoms with E-state index in [0.29, 0.717) is 18.4 Å². The Morgan fingerprint density at radius 3 is 2.08 bits per heavy atom. The number of aliphatic hydroxyl groups is 2. The van der Waals surface area contributed by atoms with E-state index < -0.39 is 25.8 Å². The Morgan fingerprint density at radius 2 is 1.60 bits per heavy atom. The second-order valence-corrected chi connectivity index (χ2v) is 9.08. The molecule has 3 heterocycles. The van der Waals surface area contributed by atoms with Crippen LogP contribution >= 0.6 is 8.60 Å². The highest BCUT2D eigenvalue weighted by Crippen LogP contribution is 2.76. The molecule has 2 atom stereocenters. The van der Waals surface area contributed by atoms with E-state index in [9.17, 15) is 10.2 Å². The van der Waals surface area contributed by atoms with Gasteiger partial charge in [-0.05, 0) is 23.8 Å². The van der Waals surface area contributed by atoms with Gasteiger partial charge in [0.05, 0.1) is 0 Å². The van der Waals surface area contributed by atoms with E-state index in [1.165, 1.54) is 5.56 Å². The van der Waals surface area contributed by atoms with Crippen LogP contribution in [-0.2, 0) is 24.8 Å². The van der Waals surface area contributed by atoms with Gasteiger partial charge in [-0.2, -0.15) is 0 Å². The highest BCUT2D eigenvalue weighted by Gasteiger charge is 2.77. The Bertz CT molecular complexity index is 620. The van der Waals surface area contributed by atoms with Gasteiger partial charge in [0.25, 0.3) is 0 Å². The first-order valence-corrected chi connectivity index (χ1v) is 10.1. The van der Waals surface area contributed by atoms with Crippen LogP contribution in [0, 0.1) is 5.41 Å². The van der Waals surface area contributed by atoms with Crippen LogP contribution in [0.4, 0.5) is 0 Å². The van der Waals surface area contributed by atoms with Gasteiger partial charge in [-0.15, -0.1) is 0 Å². The van der Waals surface area contributed by atoms with Gasteiger partial charge in [0.15, 0.2) is 0 Å². The summed E-state index contributed by atoms with van der Waals surface area (Å²) in [6.45, 7) is 10.4. The van der Waals surface area contributed by atoms with Crippen LogP contribution in [0.1, 0.15) is 71.4 Å². The molecule has 3 saturated heterocycles. The van der Waals surface area contributed by atoms with E-state index in [-0.39, 0.29) is 5.41 Å². The first kappa shape index (κ1) is 19.2. The Kier molecular flexibility index (Phi) is 4.81. The fraction of sp³-hybridized carbons (Fsp3) is 0.684. The summed E-state index contributed by atoms with van der Waals surface area (Å²) in [4.78, 5) is 0. The summed E-state index contributed by atoms with van der Waals surface area (Å²) in [5, 5.41) is 22.5. The van der Waals surface area contributed by atoms with Crippen molar-refractivity contribution in [1.29, 1.82) is 0 Å². The zero-order valence-corrected chi connectivity index (χ0v) is 16.6. The lowest BCUT2D eigenvalue weighted by Gasteiger charge is -2.63. The Morgan fingerprint density at radius 1 is 1.00 bits per heavy atom. The zero-order chi connectivity index (χ0) is 18.5. The molecule has 0 saturated carbocycles. The largest absolute Gasteiger partial charge is 0.361 e. The lowest BCUT2D eigenvalue weighted by Crippen LogP contribution is -2.69. The highest BCUT2D eigenvalue weighted by molar-refractivity contribution is 7.43. The summed E-state index contributed by atoms with van der Waals surface area (Å²) < 4.78 is 16.8. The van der Waals surface area contributed by atoms with Crippen molar-refractivity contribution in [2.75, 3.05) is 0 Å². The molecule has 3 aliphatic heterocycles. The molecule has 3 aliphatic rings. The van der Waals surface area contributed by atoms with Crippen LogP contribution in [0.2, 0.25) is 0 Å². The van der Waals surface area contributed by atoms with E-state index in [1.807, 2.05) is 31.2 Å². The maximum Gasteiger partial charge on any atom is 0.344 e. The molecular formula is C19H29O5P. The standard InChI is InChI=1S/C19H29O5P/c1-6-8-13-17(7-2)18(20,22-25-23-19(17,21)24-25)15-11-9-14(10-12-15)16(3,4)5/h9-12,20-21H,6-8,13H2,1-5H3. The van der Waals surface area contributed by atoms with Gasteiger partial charge < -0.3 is 10.2 Å². The van der Waals surface area contributed by atoms with Gasteiger partial charge in [-0.3, -0.25) is 13.6 Å². The summed E-state index contributed by atoms with van der Waals surface area (Å²) in [6, 6.07) is 7.80. The van der Waals surface area contributed by atoms with Gasteiger partial charge in [0.1, 0.15) is 5.41 Å². The van der Waals surface area contributed by atoms with Crippen molar-refractivity contribution in [3.8, 4) is 0 Å². The van der Waals surface area contributed by atoms with E-state index >= 15 is 0 Å². The van der Waals surface area contributed by atoms with Gasteiger partial charge in [0, 0.05) is 5.56 Å². The molecule has 2 N–H and O–H groups in total. The van der Waals surface area contributed by atoms with Crippen molar-refractivity contribution in [3.63, 3.8) is 0 Å². The Labute approximate surface area is 151 Å². The van der Waals surface area contributed by atoms with Crippen molar-refractivity contribution in [1.82, 2.24) is 0 Å². The SMILES string of the molecule is CCCCC1(CC)C2(O)OP(O2)OC1(O)c1ccc(C(C)(C)C)cc1. The molecule has 1 aromatic rings. The lowest BCUT2D eigenvalue weighted by molar-refractivity contribution is -0.487. The third-order valence-electron chi connectivity index (χ3n) is 5.56. The first-order chi connectivity index (χ1) is 11.6. The van der Waals surface area contributed by atoms with Gasteiger partial charge in [-0.1, -0.05) is 71.7 Å². The van der Waals surface area contributed by atoms with Crippen molar-refractivity contribution >= 4 is 8.60 Å². The second-order valence-electron chi connectivity index (χ2n) is 8.09. The highest BCUT2D eigenvalue weighted by atomic mass is 31.2. The summed E-state index contributed by atoms with van der Waals surface area (Å²) in [7, 11) is -1.72. The summed E-state index contributed by atoms with van der Waals surface area (Å²) in [5.74, 6) is -3.43. The van der Waals surface area contributed by atoms with Crippen molar-refractivity contribution in [2.45, 2.75) is 77.5 Å². The van der Waals surface area contributed by atoms with E-state index in [4.69, 9.17) is 13.6 Å². The number of benzene rings is 1. The molecule has 2 unspecified atom stereocenters. The molecule has 140 valence electrons. The normalized spacial score (nSPS) is 37.6. The average Bonchev–Trinajstić information content (AvgIpc) is 2.53.